The highest BCUT2D eigenvalue weighted by Crippen LogP contribution is 2.18. The fourth-order valence-corrected chi connectivity index (χ4v) is 3.64. The Hall–Kier alpha value is -0.750. The Kier molecular flexibility index (Phi) is 5.27. The molecular formula is C10H19N3O3S. The van der Waals surface area contributed by atoms with Gasteiger partial charge < -0.3 is 0 Å². The van der Waals surface area contributed by atoms with E-state index in [9.17, 15) is 13.2 Å². The third-order valence-electron chi connectivity index (χ3n) is 3.02. The maximum Gasteiger partial charge on any atom is 0.281 e. The van der Waals surface area contributed by atoms with Gasteiger partial charge in [0.1, 0.15) is 0 Å². The number of aliphatic imine (C=N–C) groups is 1. The van der Waals surface area contributed by atoms with Crippen LogP contribution in [-0.2, 0) is 15.0 Å². The Morgan fingerprint density at radius 1 is 1.29 bits per heavy atom. The van der Waals surface area contributed by atoms with E-state index in [0.717, 1.165) is 0 Å². The molecule has 0 spiro atoms. The normalized spacial score (nSPS) is 19.2. The summed E-state index contributed by atoms with van der Waals surface area (Å²) < 4.78 is 27.2. The maximum absolute atomic E-state index is 12.2. The molecule has 0 unspecified atom stereocenters. The summed E-state index contributed by atoms with van der Waals surface area (Å²) in [6.07, 6.45) is 2.72. The van der Waals surface area contributed by atoms with Crippen LogP contribution in [0.5, 0.6) is 0 Å². The second kappa shape index (κ2) is 6.26. The van der Waals surface area contributed by atoms with Crippen LogP contribution in [0, 0.1) is 0 Å². The van der Waals surface area contributed by atoms with Crippen LogP contribution < -0.4 is 0 Å². The van der Waals surface area contributed by atoms with E-state index in [-0.39, 0.29) is 6.04 Å². The lowest BCUT2D eigenvalue weighted by atomic mass is 10.1. The molecule has 0 bridgehead atoms. The van der Waals surface area contributed by atoms with Crippen molar-refractivity contribution >= 4 is 16.3 Å². The van der Waals surface area contributed by atoms with Gasteiger partial charge in [0.25, 0.3) is 10.2 Å². The molecule has 7 heteroatoms. The third kappa shape index (κ3) is 3.35. The van der Waals surface area contributed by atoms with Gasteiger partial charge in [0.15, 0.2) is 0 Å². The average Bonchev–Trinajstić information content (AvgIpc) is 2.31. The van der Waals surface area contributed by atoms with Gasteiger partial charge in [0.2, 0.25) is 6.08 Å². The number of piperidine rings is 1. The zero-order valence-electron chi connectivity index (χ0n) is 10.3. The highest BCUT2D eigenvalue weighted by Gasteiger charge is 2.31. The monoisotopic (exact) mass is 261 g/mol. The molecule has 1 aliphatic rings. The Labute approximate surface area is 102 Å². The second-order valence-electron chi connectivity index (χ2n) is 3.94. The van der Waals surface area contributed by atoms with E-state index in [1.165, 1.54) is 14.7 Å². The fourth-order valence-electron chi connectivity index (χ4n) is 1.99. The van der Waals surface area contributed by atoms with Crippen molar-refractivity contribution in [2.24, 2.45) is 4.99 Å². The Bertz CT molecular complexity index is 378. The molecule has 0 aromatic heterocycles. The van der Waals surface area contributed by atoms with Crippen LogP contribution >= 0.6 is 0 Å². The highest BCUT2D eigenvalue weighted by atomic mass is 32.2. The fraction of sp³-hybridized carbons (Fsp3) is 0.900. The molecule has 0 radical (unpaired) electrons. The minimum absolute atomic E-state index is 0.0735. The number of isocyanates is 1. The first kappa shape index (κ1) is 14.3. The van der Waals surface area contributed by atoms with Crippen LogP contribution in [-0.4, -0.2) is 55.3 Å². The molecule has 0 amide bonds. The second-order valence-corrected chi connectivity index (χ2v) is 5.87. The summed E-state index contributed by atoms with van der Waals surface area (Å²) in [4.78, 5) is 13.8. The molecule has 1 heterocycles. The van der Waals surface area contributed by atoms with Crippen LogP contribution in [0.2, 0.25) is 0 Å². The number of rotatable bonds is 5. The summed E-state index contributed by atoms with van der Waals surface area (Å²) in [6, 6.07) is -0.0735. The van der Waals surface area contributed by atoms with Gasteiger partial charge >= 0.3 is 0 Å². The first-order valence-electron chi connectivity index (χ1n) is 5.88. The molecule has 1 fully saturated rings. The number of carbonyl (C=O) groups excluding carboxylic acids is 1. The first-order valence-corrected chi connectivity index (χ1v) is 7.28. The van der Waals surface area contributed by atoms with Gasteiger partial charge in [0.05, 0.1) is 6.04 Å². The highest BCUT2D eigenvalue weighted by molar-refractivity contribution is 7.86. The SMILES string of the molecule is CCN(CC)S(=O)(=O)N1CCC(N=C=O)CC1. The molecule has 17 heavy (non-hydrogen) atoms. The predicted molar refractivity (Wildman–Crippen MR) is 64.6 cm³/mol. The van der Waals surface area contributed by atoms with Crippen molar-refractivity contribution in [1.29, 1.82) is 0 Å². The molecule has 0 atom stereocenters. The van der Waals surface area contributed by atoms with Crippen molar-refractivity contribution in [1.82, 2.24) is 8.61 Å². The molecule has 0 aliphatic carbocycles. The average molecular weight is 261 g/mol. The molecule has 98 valence electrons. The Morgan fingerprint density at radius 3 is 2.24 bits per heavy atom. The number of nitrogens with zero attached hydrogens (tertiary/aromatic N) is 3. The summed E-state index contributed by atoms with van der Waals surface area (Å²) in [5, 5.41) is 0. The van der Waals surface area contributed by atoms with Gasteiger partial charge in [-0.05, 0) is 12.8 Å². The van der Waals surface area contributed by atoms with Crippen LogP contribution in [0.15, 0.2) is 4.99 Å². The Balaban J connectivity index is 2.67. The molecular weight excluding hydrogens is 242 g/mol. The minimum Gasteiger partial charge on any atom is -0.211 e. The molecule has 0 saturated carbocycles. The number of hydrogen-bond acceptors (Lipinski definition) is 4. The van der Waals surface area contributed by atoms with E-state index in [1.54, 1.807) is 0 Å². The zero-order valence-corrected chi connectivity index (χ0v) is 11.1. The zero-order chi connectivity index (χ0) is 12.9. The van der Waals surface area contributed by atoms with E-state index in [2.05, 4.69) is 4.99 Å². The topological polar surface area (TPSA) is 70.1 Å². The molecule has 6 nitrogen and oxygen atoms in total. The van der Waals surface area contributed by atoms with Crippen LogP contribution in [0.1, 0.15) is 26.7 Å². The molecule has 1 aliphatic heterocycles. The molecule has 1 saturated heterocycles. The lowest BCUT2D eigenvalue weighted by Gasteiger charge is -2.32. The van der Waals surface area contributed by atoms with Gasteiger partial charge in [-0.25, -0.2) is 9.79 Å². The number of hydrogen-bond donors (Lipinski definition) is 0. The standard InChI is InChI=1S/C10H19N3O3S/c1-3-12(4-2)17(15,16)13-7-5-10(6-8-13)11-9-14/h10H,3-8H2,1-2H3. The van der Waals surface area contributed by atoms with Gasteiger partial charge in [-0.15, -0.1) is 0 Å². The predicted octanol–water partition coefficient (Wildman–Crippen LogP) is 0.373. The quantitative estimate of drug-likeness (QED) is 0.530. The molecule has 0 N–H and O–H groups in total. The summed E-state index contributed by atoms with van der Waals surface area (Å²) in [5.41, 5.74) is 0. The van der Waals surface area contributed by atoms with E-state index >= 15 is 0 Å². The summed E-state index contributed by atoms with van der Waals surface area (Å²) in [5.74, 6) is 0. The van der Waals surface area contributed by atoms with E-state index in [1.807, 2.05) is 13.8 Å². The largest absolute Gasteiger partial charge is 0.281 e. The summed E-state index contributed by atoms with van der Waals surface area (Å²) in [6.45, 7) is 5.45. The van der Waals surface area contributed by atoms with Crippen LogP contribution in [0.3, 0.4) is 0 Å². The van der Waals surface area contributed by atoms with Crippen LogP contribution in [0.4, 0.5) is 0 Å². The molecule has 1 rings (SSSR count). The lowest BCUT2D eigenvalue weighted by Crippen LogP contribution is -2.47. The Morgan fingerprint density at radius 2 is 1.82 bits per heavy atom. The van der Waals surface area contributed by atoms with E-state index < -0.39 is 10.2 Å². The van der Waals surface area contributed by atoms with Crippen molar-refractivity contribution in [3.8, 4) is 0 Å². The maximum atomic E-state index is 12.2. The van der Waals surface area contributed by atoms with Crippen molar-refractivity contribution in [3.05, 3.63) is 0 Å². The first-order chi connectivity index (χ1) is 8.06. The molecule has 0 aromatic rings. The van der Waals surface area contributed by atoms with Crippen LogP contribution in [0.25, 0.3) is 0 Å². The lowest BCUT2D eigenvalue weighted by molar-refractivity contribution is 0.292. The van der Waals surface area contributed by atoms with Crippen molar-refractivity contribution in [2.75, 3.05) is 26.2 Å². The van der Waals surface area contributed by atoms with Crippen molar-refractivity contribution in [2.45, 2.75) is 32.7 Å². The van der Waals surface area contributed by atoms with E-state index in [0.29, 0.717) is 39.0 Å². The van der Waals surface area contributed by atoms with Gasteiger partial charge in [-0.3, -0.25) is 0 Å². The van der Waals surface area contributed by atoms with Crippen molar-refractivity contribution in [3.63, 3.8) is 0 Å². The van der Waals surface area contributed by atoms with Gasteiger partial charge in [-0.1, -0.05) is 13.8 Å². The third-order valence-corrected chi connectivity index (χ3v) is 5.20. The minimum atomic E-state index is -3.34. The van der Waals surface area contributed by atoms with E-state index in [4.69, 9.17) is 0 Å². The smallest absolute Gasteiger partial charge is 0.211 e. The summed E-state index contributed by atoms with van der Waals surface area (Å²) >= 11 is 0. The van der Waals surface area contributed by atoms with Gasteiger partial charge in [0, 0.05) is 26.2 Å². The van der Waals surface area contributed by atoms with Crippen molar-refractivity contribution < 1.29 is 13.2 Å². The molecule has 0 aromatic carbocycles. The summed E-state index contributed by atoms with van der Waals surface area (Å²) in [7, 11) is -3.34. The van der Waals surface area contributed by atoms with Gasteiger partial charge in [-0.2, -0.15) is 17.0 Å².